The van der Waals surface area contributed by atoms with Crippen molar-refractivity contribution in [2.24, 2.45) is 0 Å². The van der Waals surface area contributed by atoms with E-state index in [1.54, 1.807) is 23.9 Å². The number of hydrogen-bond donors (Lipinski definition) is 1. The van der Waals surface area contributed by atoms with Crippen molar-refractivity contribution in [1.82, 2.24) is 5.32 Å². The fourth-order valence-corrected chi connectivity index (χ4v) is 4.43. The smallest absolute Gasteiger partial charge is 0.287 e. The zero-order valence-electron chi connectivity index (χ0n) is 15.9. The van der Waals surface area contributed by atoms with Gasteiger partial charge in [-0.05, 0) is 61.1 Å². The highest BCUT2D eigenvalue weighted by molar-refractivity contribution is 7.98. The number of furan rings is 1. The van der Waals surface area contributed by atoms with E-state index in [1.165, 1.54) is 10.5 Å². The van der Waals surface area contributed by atoms with E-state index < -0.39 is 10.8 Å². The normalized spacial score (nSPS) is 11.9. The molecular formula is C22H23NO3S2. The van der Waals surface area contributed by atoms with Gasteiger partial charge in [-0.2, -0.15) is 0 Å². The molecule has 1 atom stereocenters. The number of nitrogens with one attached hydrogen (secondary N) is 1. The topological polar surface area (TPSA) is 59.3 Å². The summed E-state index contributed by atoms with van der Waals surface area (Å²) in [5.41, 5.74) is 2.16. The van der Waals surface area contributed by atoms with Gasteiger partial charge < -0.3 is 9.73 Å². The highest BCUT2D eigenvalue weighted by atomic mass is 32.2. The predicted octanol–water partition coefficient (Wildman–Crippen LogP) is 4.59. The van der Waals surface area contributed by atoms with Crippen LogP contribution in [0.4, 0.5) is 0 Å². The second kappa shape index (κ2) is 9.75. The quantitative estimate of drug-likeness (QED) is 0.549. The zero-order chi connectivity index (χ0) is 19.9. The number of benzene rings is 2. The fraction of sp³-hybridized carbons (Fsp3) is 0.227. The lowest BCUT2D eigenvalue weighted by Gasteiger charge is -2.05. The molecule has 0 saturated heterocycles. The molecule has 1 N–H and O–H groups in total. The molecule has 0 spiro atoms. The Morgan fingerprint density at radius 3 is 2.54 bits per heavy atom. The summed E-state index contributed by atoms with van der Waals surface area (Å²) >= 11 is 1.71. The molecule has 1 aromatic heterocycles. The first-order chi connectivity index (χ1) is 13.6. The van der Waals surface area contributed by atoms with Crippen molar-refractivity contribution >= 4 is 28.5 Å². The standard InChI is InChI=1S/C22H23NO3S2/c1-16-5-3-4-6-21(16)28(25)15-18-9-12-20(26-18)22(24)23-14-13-17-7-10-19(27-2)11-8-17/h3-12H,13-15H2,1-2H3,(H,23,24). The van der Waals surface area contributed by atoms with Crippen LogP contribution >= 0.6 is 11.8 Å². The number of carbonyl (C=O) groups excluding carboxylic acids is 1. The zero-order valence-corrected chi connectivity index (χ0v) is 17.6. The van der Waals surface area contributed by atoms with Crippen LogP contribution in [0, 0.1) is 6.92 Å². The molecular weight excluding hydrogens is 390 g/mol. The lowest BCUT2D eigenvalue weighted by molar-refractivity contribution is 0.0925. The Hall–Kier alpha value is -2.31. The Bertz CT molecular complexity index is 964. The Labute approximate surface area is 172 Å². The first-order valence-electron chi connectivity index (χ1n) is 9.00. The van der Waals surface area contributed by atoms with E-state index >= 15 is 0 Å². The van der Waals surface area contributed by atoms with Gasteiger partial charge in [0.25, 0.3) is 5.91 Å². The van der Waals surface area contributed by atoms with Gasteiger partial charge in [0.05, 0.1) is 16.6 Å². The monoisotopic (exact) mass is 413 g/mol. The average Bonchev–Trinajstić information content (AvgIpc) is 3.17. The van der Waals surface area contributed by atoms with Gasteiger partial charge in [-0.3, -0.25) is 9.00 Å². The van der Waals surface area contributed by atoms with E-state index in [0.29, 0.717) is 12.3 Å². The summed E-state index contributed by atoms with van der Waals surface area (Å²) in [4.78, 5) is 14.3. The largest absolute Gasteiger partial charge is 0.455 e. The summed E-state index contributed by atoms with van der Waals surface area (Å²) in [6, 6.07) is 19.2. The third kappa shape index (κ3) is 5.36. The van der Waals surface area contributed by atoms with Gasteiger partial charge in [-0.25, -0.2) is 0 Å². The molecule has 3 rings (SSSR count). The molecule has 6 heteroatoms. The molecule has 0 aliphatic carbocycles. The first-order valence-corrected chi connectivity index (χ1v) is 11.5. The van der Waals surface area contributed by atoms with Crippen LogP contribution in [-0.4, -0.2) is 22.9 Å². The van der Waals surface area contributed by atoms with Crippen LogP contribution < -0.4 is 5.32 Å². The molecule has 1 heterocycles. The van der Waals surface area contributed by atoms with Crippen LogP contribution in [0.15, 0.2) is 74.9 Å². The third-order valence-corrected chi connectivity index (χ3v) is 6.59. The molecule has 0 bridgehead atoms. The SMILES string of the molecule is CSc1ccc(CCNC(=O)c2ccc(CS(=O)c3ccccc3C)o2)cc1. The molecule has 1 unspecified atom stereocenters. The summed E-state index contributed by atoms with van der Waals surface area (Å²) in [5.74, 6) is 0.780. The fourth-order valence-electron chi connectivity index (χ4n) is 2.80. The lowest BCUT2D eigenvalue weighted by atomic mass is 10.1. The highest BCUT2D eigenvalue weighted by Crippen LogP contribution is 2.18. The lowest BCUT2D eigenvalue weighted by Crippen LogP contribution is -2.25. The van der Waals surface area contributed by atoms with Crippen LogP contribution in [0.2, 0.25) is 0 Å². The Balaban J connectivity index is 1.52. The molecule has 146 valence electrons. The number of aryl methyl sites for hydroxylation is 1. The summed E-state index contributed by atoms with van der Waals surface area (Å²) in [5, 5.41) is 2.87. The van der Waals surface area contributed by atoms with Crippen LogP contribution in [-0.2, 0) is 23.0 Å². The second-order valence-corrected chi connectivity index (χ2v) is 8.67. The molecule has 0 radical (unpaired) electrons. The predicted molar refractivity (Wildman–Crippen MR) is 114 cm³/mol. The van der Waals surface area contributed by atoms with Crippen LogP contribution in [0.3, 0.4) is 0 Å². The maximum absolute atomic E-state index is 12.5. The maximum Gasteiger partial charge on any atom is 0.287 e. The minimum absolute atomic E-state index is 0.245. The van der Waals surface area contributed by atoms with Gasteiger partial charge in [0, 0.05) is 16.3 Å². The van der Waals surface area contributed by atoms with Crippen molar-refractivity contribution in [1.29, 1.82) is 0 Å². The van der Waals surface area contributed by atoms with E-state index in [4.69, 9.17) is 4.42 Å². The Morgan fingerprint density at radius 1 is 1.07 bits per heavy atom. The van der Waals surface area contributed by atoms with Gasteiger partial charge in [0.15, 0.2) is 5.76 Å². The highest BCUT2D eigenvalue weighted by Gasteiger charge is 2.14. The van der Waals surface area contributed by atoms with Gasteiger partial charge in [0.1, 0.15) is 5.76 Å². The van der Waals surface area contributed by atoms with Gasteiger partial charge >= 0.3 is 0 Å². The van der Waals surface area contributed by atoms with E-state index in [-0.39, 0.29) is 17.4 Å². The Morgan fingerprint density at radius 2 is 1.82 bits per heavy atom. The average molecular weight is 414 g/mol. The van der Waals surface area contributed by atoms with Gasteiger partial charge in [-0.1, -0.05) is 30.3 Å². The number of thioether (sulfide) groups is 1. The van der Waals surface area contributed by atoms with Crippen LogP contribution in [0.1, 0.15) is 27.4 Å². The number of carbonyl (C=O) groups is 1. The van der Waals surface area contributed by atoms with E-state index in [9.17, 15) is 9.00 Å². The second-order valence-electron chi connectivity index (χ2n) is 6.38. The van der Waals surface area contributed by atoms with Crippen molar-refractivity contribution in [3.8, 4) is 0 Å². The van der Waals surface area contributed by atoms with E-state index in [1.807, 2.05) is 37.4 Å². The van der Waals surface area contributed by atoms with Crippen molar-refractivity contribution in [3.05, 3.63) is 83.3 Å². The van der Waals surface area contributed by atoms with Crippen molar-refractivity contribution < 1.29 is 13.4 Å². The molecule has 0 aliphatic heterocycles. The van der Waals surface area contributed by atoms with Crippen molar-refractivity contribution in [2.45, 2.75) is 28.9 Å². The van der Waals surface area contributed by atoms with Gasteiger partial charge in [-0.15, -0.1) is 11.8 Å². The summed E-state index contributed by atoms with van der Waals surface area (Å²) < 4.78 is 18.1. The van der Waals surface area contributed by atoms with Crippen molar-refractivity contribution in [3.63, 3.8) is 0 Å². The molecule has 4 nitrogen and oxygen atoms in total. The number of hydrogen-bond acceptors (Lipinski definition) is 4. The summed E-state index contributed by atoms with van der Waals surface area (Å²) in [7, 11) is -1.21. The summed E-state index contributed by atoms with van der Waals surface area (Å²) in [6.07, 6.45) is 2.80. The molecule has 0 aliphatic rings. The molecule has 0 saturated carbocycles. The minimum Gasteiger partial charge on any atom is -0.455 e. The Kier molecular flexibility index (Phi) is 7.12. The molecule has 28 heavy (non-hydrogen) atoms. The van der Waals surface area contributed by atoms with Crippen LogP contribution in [0.25, 0.3) is 0 Å². The maximum atomic E-state index is 12.5. The van der Waals surface area contributed by atoms with Crippen molar-refractivity contribution in [2.75, 3.05) is 12.8 Å². The third-order valence-electron chi connectivity index (χ3n) is 4.36. The number of rotatable bonds is 8. The molecule has 1 amide bonds. The van der Waals surface area contributed by atoms with E-state index in [2.05, 4.69) is 29.6 Å². The molecule has 0 fully saturated rings. The van der Waals surface area contributed by atoms with Gasteiger partial charge in [0.2, 0.25) is 0 Å². The number of amides is 1. The molecule has 3 aromatic rings. The first kappa shape index (κ1) is 20.4. The van der Waals surface area contributed by atoms with Crippen LogP contribution in [0.5, 0.6) is 0 Å². The molecule has 2 aromatic carbocycles. The summed E-state index contributed by atoms with van der Waals surface area (Å²) in [6.45, 7) is 2.46. The minimum atomic E-state index is -1.21. The van der Waals surface area contributed by atoms with E-state index in [0.717, 1.165) is 16.9 Å².